The van der Waals surface area contributed by atoms with Crippen molar-refractivity contribution in [2.24, 2.45) is 0 Å². The number of urea groups is 1. The van der Waals surface area contributed by atoms with Crippen LogP contribution in [0.5, 0.6) is 5.75 Å². The molecule has 0 saturated heterocycles. The largest absolute Gasteiger partial charge is 0.492 e. The van der Waals surface area contributed by atoms with Crippen LogP contribution in [0.25, 0.3) is 0 Å². The summed E-state index contributed by atoms with van der Waals surface area (Å²) >= 11 is 0. The van der Waals surface area contributed by atoms with Crippen molar-refractivity contribution in [3.8, 4) is 5.75 Å². The van der Waals surface area contributed by atoms with Crippen LogP contribution >= 0.6 is 0 Å². The molecule has 0 spiro atoms. The second-order valence-corrected chi connectivity index (χ2v) is 5.20. The van der Waals surface area contributed by atoms with Gasteiger partial charge in [-0.15, -0.1) is 0 Å². The molecular weight excluding hydrogens is 330 g/mol. The monoisotopic (exact) mass is 351 g/mol. The maximum atomic E-state index is 12.9. The molecule has 5 nitrogen and oxygen atoms in total. The van der Waals surface area contributed by atoms with Gasteiger partial charge in [-0.25, -0.2) is 9.18 Å². The summed E-state index contributed by atoms with van der Waals surface area (Å²) in [7, 11) is 1.37. The van der Waals surface area contributed by atoms with E-state index >= 15 is 0 Å². The molecule has 1 aromatic carbocycles. The molecule has 0 aliphatic heterocycles. The SMILES string of the molecule is CN(CCCNC(=O)NCCOc1cccc(F)c1)CC(F)(F)F. The lowest BCUT2D eigenvalue weighted by Gasteiger charge is -2.18. The Bertz CT molecular complexity index is 512. The molecule has 0 heterocycles. The number of amides is 2. The highest BCUT2D eigenvalue weighted by Crippen LogP contribution is 2.15. The molecule has 0 unspecified atom stereocenters. The summed E-state index contributed by atoms with van der Waals surface area (Å²) in [4.78, 5) is 12.6. The molecule has 0 bridgehead atoms. The predicted molar refractivity (Wildman–Crippen MR) is 81.5 cm³/mol. The van der Waals surface area contributed by atoms with Crippen LogP contribution in [0.15, 0.2) is 24.3 Å². The van der Waals surface area contributed by atoms with Gasteiger partial charge in [-0.05, 0) is 32.1 Å². The van der Waals surface area contributed by atoms with Crippen molar-refractivity contribution in [2.75, 3.05) is 39.8 Å². The van der Waals surface area contributed by atoms with Crippen molar-refractivity contribution < 1.29 is 27.1 Å². The van der Waals surface area contributed by atoms with Crippen molar-refractivity contribution in [1.29, 1.82) is 0 Å². The first-order chi connectivity index (χ1) is 11.3. The lowest BCUT2D eigenvalue weighted by Crippen LogP contribution is -2.39. The number of nitrogens with one attached hydrogen (secondary N) is 2. The van der Waals surface area contributed by atoms with Gasteiger partial charge in [0.25, 0.3) is 0 Å². The van der Waals surface area contributed by atoms with Gasteiger partial charge >= 0.3 is 12.2 Å². The Kier molecular flexibility index (Phi) is 8.31. The predicted octanol–water partition coefficient (Wildman–Crippen LogP) is 2.39. The van der Waals surface area contributed by atoms with E-state index < -0.39 is 24.6 Å². The highest BCUT2D eigenvalue weighted by Gasteiger charge is 2.28. The van der Waals surface area contributed by atoms with Gasteiger partial charge in [0, 0.05) is 12.6 Å². The minimum absolute atomic E-state index is 0.172. The number of ether oxygens (including phenoxy) is 1. The van der Waals surface area contributed by atoms with Crippen LogP contribution in [-0.4, -0.2) is 56.9 Å². The Morgan fingerprint density at radius 1 is 1.25 bits per heavy atom. The molecule has 2 amide bonds. The first-order valence-electron chi connectivity index (χ1n) is 7.41. The Morgan fingerprint density at radius 2 is 1.96 bits per heavy atom. The minimum Gasteiger partial charge on any atom is -0.492 e. The molecule has 0 aromatic heterocycles. The molecule has 9 heteroatoms. The molecule has 0 aliphatic rings. The summed E-state index contributed by atoms with van der Waals surface area (Å²) in [6.07, 6.45) is -3.82. The van der Waals surface area contributed by atoms with Crippen LogP contribution in [0.4, 0.5) is 22.4 Å². The molecule has 0 atom stereocenters. The van der Waals surface area contributed by atoms with Gasteiger partial charge in [0.05, 0.1) is 13.1 Å². The first kappa shape index (κ1) is 20.0. The second kappa shape index (κ2) is 9.96. The van der Waals surface area contributed by atoms with Gasteiger partial charge in [-0.3, -0.25) is 4.90 Å². The van der Waals surface area contributed by atoms with Gasteiger partial charge in [-0.2, -0.15) is 13.2 Å². The standard InChI is InChI=1S/C15H21F4N3O2/c1-22(11-15(17,18)19)8-3-6-20-14(23)21-7-9-24-13-5-2-4-12(16)10-13/h2,4-5,10H,3,6-9,11H2,1H3,(H2,20,21,23). The van der Waals surface area contributed by atoms with E-state index in [1.807, 2.05) is 0 Å². The first-order valence-corrected chi connectivity index (χ1v) is 7.41. The number of rotatable bonds is 9. The van der Waals surface area contributed by atoms with E-state index in [9.17, 15) is 22.4 Å². The maximum Gasteiger partial charge on any atom is 0.401 e. The number of benzene rings is 1. The lowest BCUT2D eigenvalue weighted by molar-refractivity contribution is -0.143. The summed E-state index contributed by atoms with van der Waals surface area (Å²) < 4.78 is 54.5. The Labute approximate surface area is 138 Å². The van der Waals surface area contributed by atoms with Gasteiger partial charge in [0.2, 0.25) is 0 Å². The third kappa shape index (κ3) is 9.88. The molecule has 24 heavy (non-hydrogen) atoms. The highest BCUT2D eigenvalue weighted by molar-refractivity contribution is 5.73. The summed E-state index contributed by atoms with van der Waals surface area (Å²) in [5.41, 5.74) is 0. The van der Waals surface area contributed by atoms with E-state index in [1.165, 1.54) is 25.2 Å². The fourth-order valence-corrected chi connectivity index (χ4v) is 1.89. The van der Waals surface area contributed by atoms with Gasteiger partial charge in [-0.1, -0.05) is 6.07 Å². The molecule has 0 aliphatic carbocycles. The molecule has 0 saturated carbocycles. The van der Waals surface area contributed by atoms with Crippen LogP contribution < -0.4 is 15.4 Å². The fraction of sp³-hybridized carbons (Fsp3) is 0.533. The van der Waals surface area contributed by atoms with Crippen LogP contribution in [0.2, 0.25) is 0 Å². The second-order valence-electron chi connectivity index (χ2n) is 5.20. The molecule has 136 valence electrons. The van der Waals surface area contributed by atoms with Crippen LogP contribution in [0.1, 0.15) is 6.42 Å². The van der Waals surface area contributed by atoms with E-state index in [2.05, 4.69) is 10.6 Å². The molecule has 2 N–H and O–H groups in total. The number of hydrogen-bond donors (Lipinski definition) is 2. The van der Waals surface area contributed by atoms with Gasteiger partial charge in [0.1, 0.15) is 18.2 Å². The van der Waals surface area contributed by atoms with E-state index in [4.69, 9.17) is 4.74 Å². The van der Waals surface area contributed by atoms with Crippen molar-refractivity contribution in [1.82, 2.24) is 15.5 Å². The number of hydrogen-bond acceptors (Lipinski definition) is 3. The van der Waals surface area contributed by atoms with E-state index in [1.54, 1.807) is 6.07 Å². The third-order valence-electron chi connectivity index (χ3n) is 2.90. The van der Waals surface area contributed by atoms with Gasteiger partial charge in [0.15, 0.2) is 0 Å². The third-order valence-corrected chi connectivity index (χ3v) is 2.90. The smallest absolute Gasteiger partial charge is 0.401 e. The van der Waals surface area contributed by atoms with Crippen molar-refractivity contribution in [2.45, 2.75) is 12.6 Å². The van der Waals surface area contributed by atoms with Crippen molar-refractivity contribution >= 4 is 6.03 Å². The summed E-state index contributed by atoms with van der Waals surface area (Å²) in [5, 5.41) is 5.07. The highest BCUT2D eigenvalue weighted by atomic mass is 19.4. The zero-order chi connectivity index (χ0) is 18.0. The molecule has 0 fully saturated rings. The summed E-state index contributed by atoms with van der Waals surface area (Å²) in [6.45, 7) is -0.0978. The number of carbonyl (C=O) groups excluding carboxylic acids is 1. The maximum absolute atomic E-state index is 12.9. The zero-order valence-electron chi connectivity index (χ0n) is 13.3. The van der Waals surface area contributed by atoms with Crippen molar-refractivity contribution in [3.63, 3.8) is 0 Å². The lowest BCUT2D eigenvalue weighted by atomic mass is 10.3. The van der Waals surface area contributed by atoms with Crippen LogP contribution in [0, 0.1) is 5.82 Å². The fourth-order valence-electron chi connectivity index (χ4n) is 1.89. The zero-order valence-corrected chi connectivity index (χ0v) is 13.3. The van der Waals surface area contributed by atoms with Crippen LogP contribution in [0.3, 0.4) is 0 Å². The average molecular weight is 351 g/mol. The quantitative estimate of drug-likeness (QED) is 0.531. The number of carbonyl (C=O) groups is 1. The molecule has 0 radical (unpaired) electrons. The summed E-state index contributed by atoms with van der Waals surface area (Å²) in [5.74, 6) is -0.0430. The Morgan fingerprint density at radius 3 is 2.62 bits per heavy atom. The normalized spacial score (nSPS) is 11.4. The van der Waals surface area contributed by atoms with Crippen molar-refractivity contribution in [3.05, 3.63) is 30.1 Å². The van der Waals surface area contributed by atoms with Crippen LogP contribution in [-0.2, 0) is 0 Å². The van der Waals surface area contributed by atoms with E-state index in [0.29, 0.717) is 12.2 Å². The molecule has 1 aromatic rings. The minimum atomic E-state index is -4.22. The van der Waals surface area contributed by atoms with E-state index in [0.717, 1.165) is 4.90 Å². The topological polar surface area (TPSA) is 53.6 Å². The number of alkyl halides is 3. The van der Waals surface area contributed by atoms with Gasteiger partial charge < -0.3 is 15.4 Å². The van der Waals surface area contributed by atoms with E-state index in [-0.39, 0.29) is 26.2 Å². The Balaban J connectivity index is 2.04. The number of nitrogens with zero attached hydrogens (tertiary/aromatic N) is 1. The summed E-state index contributed by atoms with van der Waals surface area (Å²) in [6, 6.07) is 5.21. The molecule has 1 rings (SSSR count). The molecular formula is C15H21F4N3O2. The number of halogens is 4. The Hall–Kier alpha value is -2.03. The average Bonchev–Trinajstić information content (AvgIpc) is 2.46.